The lowest BCUT2D eigenvalue weighted by atomic mass is 10.00. The topological polar surface area (TPSA) is 110 Å². The quantitative estimate of drug-likeness (QED) is 0.0308. The van der Waals surface area contributed by atoms with E-state index in [0.717, 1.165) is 51.4 Å². The van der Waals surface area contributed by atoms with Crippen LogP contribution in [0.5, 0.6) is 0 Å². The fraction of sp³-hybridized carbons (Fsp3) is 0.868. The summed E-state index contributed by atoms with van der Waals surface area (Å²) in [5.41, 5.74) is 0. The first-order valence-electron chi connectivity index (χ1n) is 33.0. The van der Waals surface area contributed by atoms with Crippen LogP contribution in [0.25, 0.3) is 0 Å². The lowest BCUT2D eigenvalue weighted by molar-refractivity contribution is -0.132. The van der Waals surface area contributed by atoms with E-state index in [-0.39, 0.29) is 0 Å². The number of aliphatic hydroxyl groups is 4. The summed E-state index contributed by atoms with van der Waals surface area (Å²) >= 11 is 0. The van der Waals surface area contributed by atoms with Crippen molar-refractivity contribution >= 4 is 5.91 Å². The molecular weight excluding hydrogens is 911 g/mol. The molecule has 0 saturated carbocycles. The first kappa shape index (κ1) is 72.3. The smallest absolute Gasteiger partial charge is 0.249 e. The second kappa shape index (κ2) is 62.1. The Kier molecular flexibility index (Phi) is 60.7. The van der Waals surface area contributed by atoms with Crippen LogP contribution in [-0.2, 0) is 4.79 Å². The molecule has 0 rings (SSSR count). The summed E-state index contributed by atoms with van der Waals surface area (Å²) < 4.78 is 0. The summed E-state index contributed by atoms with van der Waals surface area (Å²) in [4.78, 5) is 12.6. The summed E-state index contributed by atoms with van der Waals surface area (Å²) in [6, 6.07) is -1.01. The number of unbranched alkanes of at least 4 members (excludes halogenated alkanes) is 44. The van der Waals surface area contributed by atoms with E-state index < -0.39 is 36.9 Å². The average Bonchev–Trinajstić information content (AvgIpc) is 3.41. The van der Waals surface area contributed by atoms with Gasteiger partial charge in [-0.25, -0.2) is 0 Å². The number of allylic oxidation sites excluding steroid dienone is 8. The molecule has 0 aliphatic heterocycles. The van der Waals surface area contributed by atoms with Gasteiger partial charge < -0.3 is 25.7 Å². The number of carbonyl (C=O) groups is 1. The highest BCUT2D eigenvalue weighted by Crippen LogP contribution is 2.18. The molecular formula is C68H129NO5. The zero-order chi connectivity index (χ0) is 53.7. The third kappa shape index (κ3) is 55.0. The summed E-state index contributed by atoms with van der Waals surface area (Å²) in [5, 5.41) is 44.1. The van der Waals surface area contributed by atoms with Gasteiger partial charge in [-0.05, 0) is 89.9 Å². The maximum atomic E-state index is 12.6. The molecule has 0 spiro atoms. The lowest BCUT2D eigenvalue weighted by Gasteiger charge is -2.27. The number of rotatable bonds is 61. The fourth-order valence-electron chi connectivity index (χ4n) is 10.3. The standard InChI is InChI=1S/C68H129NO5/c1-3-5-7-9-11-13-15-17-19-21-23-25-27-28-29-30-31-32-33-34-35-36-37-38-39-40-42-44-46-48-50-52-54-56-58-60-62-66(72)68(74)69-64(63-70)67(73)65(71)61-59-57-55-53-51-49-47-45-43-41-26-24-22-20-18-16-14-12-10-8-6-4-2/h24,26,32-33,45,47,53,55,64-67,70-73H,3-23,25,27-31,34-44,46,48-52,54,56-63H2,1-2H3,(H,69,74)/b26-24+,33-32-,47-45+,55-53+. The van der Waals surface area contributed by atoms with Gasteiger partial charge in [-0.1, -0.05) is 306 Å². The third-order valence-electron chi connectivity index (χ3n) is 15.5. The van der Waals surface area contributed by atoms with Crippen molar-refractivity contribution in [3.63, 3.8) is 0 Å². The minimum Gasteiger partial charge on any atom is -0.394 e. The molecule has 0 saturated heterocycles. The maximum absolute atomic E-state index is 12.6. The zero-order valence-electron chi connectivity index (χ0n) is 49.6. The first-order chi connectivity index (χ1) is 36.5. The first-order valence-corrected chi connectivity index (χ1v) is 33.0. The average molecular weight is 1040 g/mol. The monoisotopic (exact) mass is 1040 g/mol. The molecule has 0 fully saturated rings. The Morgan fingerprint density at radius 2 is 0.568 bits per heavy atom. The van der Waals surface area contributed by atoms with E-state index in [2.05, 4.69) is 67.8 Å². The lowest BCUT2D eigenvalue weighted by Crippen LogP contribution is -2.53. The molecule has 6 heteroatoms. The number of hydrogen-bond donors (Lipinski definition) is 5. The Hall–Kier alpha value is -1.73. The Balaban J connectivity index is 3.59. The molecule has 1 amide bonds. The molecule has 4 atom stereocenters. The predicted octanol–water partition coefficient (Wildman–Crippen LogP) is 20.1. The maximum Gasteiger partial charge on any atom is 0.249 e. The SMILES string of the molecule is CCCCCCCCCCC/C=C/CC/C=C/CC/C=C/CCCC(O)C(O)C(CO)NC(=O)C(O)CCCCCCCCCCCCCCCCCC/C=C\CCCCCCCCCCCCCCCCCC. The minimum absolute atomic E-state index is 0.360. The number of aliphatic hydroxyl groups excluding tert-OH is 4. The normalized spacial score (nSPS) is 13.9. The Bertz CT molecular complexity index is 1210. The van der Waals surface area contributed by atoms with Crippen LogP contribution in [0.3, 0.4) is 0 Å². The van der Waals surface area contributed by atoms with Gasteiger partial charge in [0.1, 0.15) is 12.2 Å². The molecule has 0 aromatic rings. The molecule has 0 aromatic carbocycles. The van der Waals surface area contributed by atoms with Crippen molar-refractivity contribution in [3.05, 3.63) is 48.6 Å². The largest absolute Gasteiger partial charge is 0.394 e. The van der Waals surface area contributed by atoms with Crippen LogP contribution in [0, 0.1) is 0 Å². The van der Waals surface area contributed by atoms with Crippen molar-refractivity contribution < 1.29 is 25.2 Å². The zero-order valence-corrected chi connectivity index (χ0v) is 49.6. The number of hydrogen-bond acceptors (Lipinski definition) is 5. The molecule has 0 aromatic heterocycles. The van der Waals surface area contributed by atoms with Gasteiger partial charge in [0, 0.05) is 0 Å². The van der Waals surface area contributed by atoms with Crippen LogP contribution in [0.1, 0.15) is 348 Å². The van der Waals surface area contributed by atoms with Crippen LogP contribution in [-0.4, -0.2) is 57.3 Å². The van der Waals surface area contributed by atoms with Gasteiger partial charge in [-0.3, -0.25) is 4.79 Å². The van der Waals surface area contributed by atoms with E-state index in [4.69, 9.17) is 0 Å². The second-order valence-corrected chi connectivity index (χ2v) is 22.8. The van der Waals surface area contributed by atoms with Crippen LogP contribution in [0.15, 0.2) is 48.6 Å². The predicted molar refractivity (Wildman–Crippen MR) is 325 cm³/mol. The van der Waals surface area contributed by atoms with E-state index in [1.807, 2.05) is 0 Å². The Morgan fingerprint density at radius 3 is 0.851 bits per heavy atom. The Labute approximate surface area is 461 Å². The summed E-state index contributed by atoms with van der Waals surface area (Å²) in [5.74, 6) is -0.595. The highest BCUT2D eigenvalue weighted by Gasteiger charge is 2.28. The molecule has 4 unspecified atom stereocenters. The van der Waals surface area contributed by atoms with Crippen LogP contribution in [0.2, 0.25) is 0 Å². The van der Waals surface area contributed by atoms with Gasteiger partial charge in [-0.15, -0.1) is 0 Å². The van der Waals surface area contributed by atoms with Crippen molar-refractivity contribution in [1.29, 1.82) is 0 Å². The van der Waals surface area contributed by atoms with Crippen molar-refractivity contribution in [1.82, 2.24) is 5.32 Å². The molecule has 74 heavy (non-hydrogen) atoms. The van der Waals surface area contributed by atoms with E-state index >= 15 is 0 Å². The van der Waals surface area contributed by atoms with Crippen molar-refractivity contribution in [2.24, 2.45) is 0 Å². The molecule has 0 bridgehead atoms. The fourth-order valence-corrected chi connectivity index (χ4v) is 10.3. The minimum atomic E-state index is -1.30. The second-order valence-electron chi connectivity index (χ2n) is 22.8. The van der Waals surface area contributed by atoms with Crippen molar-refractivity contribution in [2.45, 2.75) is 372 Å². The summed E-state index contributed by atoms with van der Waals surface area (Å²) in [7, 11) is 0. The molecule has 6 nitrogen and oxygen atoms in total. The molecule has 0 radical (unpaired) electrons. The van der Waals surface area contributed by atoms with Crippen molar-refractivity contribution in [2.75, 3.05) is 6.61 Å². The molecule has 436 valence electrons. The van der Waals surface area contributed by atoms with Gasteiger partial charge >= 0.3 is 0 Å². The molecule has 0 aliphatic carbocycles. The number of amides is 1. The third-order valence-corrected chi connectivity index (χ3v) is 15.5. The van der Waals surface area contributed by atoms with Crippen LogP contribution < -0.4 is 5.32 Å². The van der Waals surface area contributed by atoms with E-state index in [1.165, 1.54) is 263 Å². The van der Waals surface area contributed by atoms with E-state index in [9.17, 15) is 25.2 Å². The van der Waals surface area contributed by atoms with Gasteiger partial charge in [0.2, 0.25) is 5.91 Å². The highest BCUT2D eigenvalue weighted by atomic mass is 16.3. The van der Waals surface area contributed by atoms with Gasteiger partial charge in [0.25, 0.3) is 0 Å². The number of nitrogens with one attached hydrogen (secondary N) is 1. The van der Waals surface area contributed by atoms with Gasteiger partial charge in [0.05, 0.1) is 18.8 Å². The van der Waals surface area contributed by atoms with E-state index in [1.54, 1.807) is 0 Å². The van der Waals surface area contributed by atoms with E-state index in [0.29, 0.717) is 19.3 Å². The molecule has 0 aliphatic rings. The van der Waals surface area contributed by atoms with Gasteiger partial charge in [-0.2, -0.15) is 0 Å². The number of carbonyl (C=O) groups excluding carboxylic acids is 1. The highest BCUT2D eigenvalue weighted by molar-refractivity contribution is 5.80. The van der Waals surface area contributed by atoms with Crippen molar-refractivity contribution in [3.8, 4) is 0 Å². The van der Waals surface area contributed by atoms with Gasteiger partial charge in [0.15, 0.2) is 0 Å². The molecule has 0 heterocycles. The molecule has 5 N–H and O–H groups in total. The summed E-state index contributed by atoms with van der Waals surface area (Å²) in [6.07, 6.45) is 80.8. The summed E-state index contributed by atoms with van der Waals surface area (Å²) in [6.45, 7) is 4.07. The Morgan fingerprint density at radius 1 is 0.324 bits per heavy atom. The van der Waals surface area contributed by atoms with Crippen LogP contribution >= 0.6 is 0 Å². The van der Waals surface area contributed by atoms with Crippen LogP contribution in [0.4, 0.5) is 0 Å².